The van der Waals surface area contributed by atoms with Crippen molar-refractivity contribution >= 4 is 22.9 Å². The zero-order chi connectivity index (χ0) is 22.8. The Balaban J connectivity index is 1.38. The number of benzene rings is 2. The van der Waals surface area contributed by atoms with Crippen LogP contribution in [0, 0.1) is 0 Å². The molecule has 0 unspecified atom stereocenters. The summed E-state index contributed by atoms with van der Waals surface area (Å²) < 4.78 is 12.3. The van der Waals surface area contributed by atoms with Crippen LogP contribution in [0.1, 0.15) is 55.8 Å². The second kappa shape index (κ2) is 11.7. The van der Waals surface area contributed by atoms with Gasteiger partial charge in [-0.15, -0.1) is 0 Å². The maximum absolute atomic E-state index is 12.2. The summed E-state index contributed by atoms with van der Waals surface area (Å²) >= 11 is 0. The van der Waals surface area contributed by atoms with Crippen molar-refractivity contribution in [3.8, 4) is 5.75 Å². The van der Waals surface area contributed by atoms with Crippen molar-refractivity contribution in [2.45, 2.75) is 52.0 Å². The molecule has 8 nitrogen and oxygen atoms in total. The number of unbranched alkanes of at least 4 members (excludes halogenated alkanes) is 3. The molecule has 2 aromatic carbocycles. The summed E-state index contributed by atoms with van der Waals surface area (Å²) in [7, 11) is 0. The van der Waals surface area contributed by atoms with E-state index in [1.165, 1.54) is 17.4 Å². The fraction of sp³-hybridized carbons (Fsp3) is 0.375. The zero-order valence-electron chi connectivity index (χ0n) is 18.3. The number of hydrogen-bond acceptors (Lipinski definition) is 5. The van der Waals surface area contributed by atoms with Crippen LogP contribution in [0.4, 0.5) is 0 Å². The number of amides is 2. The molecule has 0 atom stereocenters. The molecule has 0 aliphatic heterocycles. The number of hydrazine groups is 1. The number of nitrogens with one attached hydrogen (secondary N) is 2. The Morgan fingerprint density at radius 2 is 1.75 bits per heavy atom. The average Bonchev–Trinajstić information content (AvgIpc) is 3.13. The molecule has 8 heteroatoms. The lowest BCUT2D eigenvalue weighted by Crippen LogP contribution is -2.41. The number of aromatic nitrogens is 1. The fourth-order valence-electron chi connectivity index (χ4n) is 3.31. The number of para-hydroxylation sites is 2. The summed E-state index contributed by atoms with van der Waals surface area (Å²) in [5, 5.41) is 0. The molecule has 0 saturated carbocycles. The molecule has 0 bridgehead atoms. The Bertz CT molecular complexity index is 1080. The van der Waals surface area contributed by atoms with Crippen molar-refractivity contribution in [1.82, 2.24) is 15.4 Å². The summed E-state index contributed by atoms with van der Waals surface area (Å²) in [6, 6.07) is 13.9. The van der Waals surface area contributed by atoms with Gasteiger partial charge >= 0.3 is 5.76 Å². The van der Waals surface area contributed by atoms with Gasteiger partial charge in [0, 0.05) is 18.5 Å². The number of oxazole rings is 1. The Kier molecular flexibility index (Phi) is 8.48. The van der Waals surface area contributed by atoms with Crippen LogP contribution in [0.3, 0.4) is 0 Å². The van der Waals surface area contributed by atoms with Crippen LogP contribution in [0.15, 0.2) is 57.7 Å². The lowest BCUT2D eigenvalue weighted by atomic mass is 10.2. The molecule has 0 fully saturated rings. The van der Waals surface area contributed by atoms with Crippen molar-refractivity contribution in [1.29, 1.82) is 0 Å². The number of hydrogen-bond donors (Lipinski definition) is 2. The third-order valence-corrected chi connectivity index (χ3v) is 5.06. The molecule has 1 heterocycles. The van der Waals surface area contributed by atoms with Gasteiger partial charge in [0.1, 0.15) is 5.75 Å². The number of fused-ring (bicyclic) bond motifs is 1. The molecule has 170 valence electrons. The second-order valence-corrected chi connectivity index (χ2v) is 7.53. The summed E-state index contributed by atoms with van der Waals surface area (Å²) in [6.07, 6.45) is 5.11. The van der Waals surface area contributed by atoms with Gasteiger partial charge in [-0.25, -0.2) is 4.79 Å². The van der Waals surface area contributed by atoms with E-state index < -0.39 is 11.7 Å². The molecule has 3 aromatic rings. The maximum atomic E-state index is 12.2. The topological polar surface area (TPSA) is 103 Å². The van der Waals surface area contributed by atoms with E-state index in [4.69, 9.17) is 9.15 Å². The van der Waals surface area contributed by atoms with Crippen molar-refractivity contribution in [2.75, 3.05) is 6.61 Å². The van der Waals surface area contributed by atoms with Crippen LogP contribution in [0.5, 0.6) is 5.75 Å². The van der Waals surface area contributed by atoms with Crippen molar-refractivity contribution in [3.05, 3.63) is 64.6 Å². The Labute approximate surface area is 186 Å². The Morgan fingerprint density at radius 1 is 0.969 bits per heavy atom. The van der Waals surface area contributed by atoms with Gasteiger partial charge in [0.15, 0.2) is 5.58 Å². The quantitative estimate of drug-likeness (QED) is 0.350. The first-order valence-corrected chi connectivity index (χ1v) is 11.0. The van der Waals surface area contributed by atoms with Crippen molar-refractivity contribution in [2.24, 2.45) is 0 Å². The molecule has 2 amide bonds. The molecular formula is C24H29N3O5. The molecule has 0 aliphatic carbocycles. The van der Waals surface area contributed by atoms with Gasteiger partial charge < -0.3 is 9.15 Å². The SMILES string of the molecule is CCCCCCOc1ccc(C(=O)NNC(=O)CCCn2c(=O)oc3ccccc32)cc1. The lowest BCUT2D eigenvalue weighted by Gasteiger charge is -2.09. The van der Waals surface area contributed by atoms with E-state index in [0.29, 0.717) is 42.0 Å². The van der Waals surface area contributed by atoms with E-state index in [1.807, 2.05) is 6.07 Å². The van der Waals surface area contributed by atoms with Crippen LogP contribution in [-0.2, 0) is 11.3 Å². The number of carbonyl (C=O) groups is 2. The normalized spacial score (nSPS) is 10.8. The summed E-state index contributed by atoms with van der Waals surface area (Å²) in [5.41, 5.74) is 6.43. The highest BCUT2D eigenvalue weighted by atomic mass is 16.5. The van der Waals surface area contributed by atoms with Gasteiger partial charge in [0.2, 0.25) is 5.91 Å². The number of nitrogens with zero attached hydrogens (tertiary/aromatic N) is 1. The van der Waals surface area contributed by atoms with Crippen LogP contribution >= 0.6 is 0 Å². The van der Waals surface area contributed by atoms with E-state index in [1.54, 1.807) is 42.5 Å². The molecule has 0 aliphatic rings. The first-order valence-electron chi connectivity index (χ1n) is 11.0. The highest BCUT2D eigenvalue weighted by Crippen LogP contribution is 2.14. The minimum atomic E-state index is -0.451. The average molecular weight is 440 g/mol. The summed E-state index contributed by atoms with van der Waals surface area (Å²) in [5.74, 6) is -0.492. The molecule has 0 radical (unpaired) electrons. The Morgan fingerprint density at radius 3 is 2.53 bits per heavy atom. The van der Waals surface area contributed by atoms with Gasteiger partial charge in [0.05, 0.1) is 12.1 Å². The van der Waals surface area contributed by atoms with Gasteiger partial charge in [-0.3, -0.25) is 25.0 Å². The van der Waals surface area contributed by atoms with Crippen LogP contribution in [0.2, 0.25) is 0 Å². The van der Waals surface area contributed by atoms with Gasteiger partial charge in [0.25, 0.3) is 5.91 Å². The highest BCUT2D eigenvalue weighted by Gasteiger charge is 2.10. The van der Waals surface area contributed by atoms with Crippen LogP contribution in [0.25, 0.3) is 11.1 Å². The second-order valence-electron chi connectivity index (χ2n) is 7.53. The van der Waals surface area contributed by atoms with E-state index >= 15 is 0 Å². The summed E-state index contributed by atoms with van der Waals surface area (Å²) in [4.78, 5) is 36.2. The van der Waals surface area contributed by atoms with Crippen molar-refractivity contribution in [3.63, 3.8) is 0 Å². The molecule has 0 saturated heterocycles. The minimum Gasteiger partial charge on any atom is -0.494 e. The van der Waals surface area contributed by atoms with Gasteiger partial charge in [-0.2, -0.15) is 0 Å². The van der Waals surface area contributed by atoms with E-state index in [-0.39, 0.29) is 12.3 Å². The van der Waals surface area contributed by atoms with E-state index in [0.717, 1.165) is 12.8 Å². The van der Waals surface area contributed by atoms with E-state index in [2.05, 4.69) is 17.8 Å². The lowest BCUT2D eigenvalue weighted by molar-refractivity contribution is -0.122. The highest BCUT2D eigenvalue weighted by molar-refractivity contribution is 5.95. The third kappa shape index (κ3) is 6.47. The predicted molar refractivity (Wildman–Crippen MR) is 121 cm³/mol. The van der Waals surface area contributed by atoms with E-state index in [9.17, 15) is 14.4 Å². The molecule has 0 spiro atoms. The fourth-order valence-corrected chi connectivity index (χ4v) is 3.31. The standard InChI is InChI=1S/C24H29N3O5/c1-2-3-4-7-17-31-19-14-12-18(13-15-19)23(29)26-25-22(28)11-8-16-27-20-9-5-6-10-21(20)32-24(27)30/h5-6,9-10,12-15H,2-4,7-8,11,16-17H2,1H3,(H,25,28)(H,26,29). The monoisotopic (exact) mass is 439 g/mol. The predicted octanol–water partition coefficient (Wildman–Crippen LogP) is 3.80. The minimum absolute atomic E-state index is 0.150. The Hall–Kier alpha value is -3.55. The molecule has 2 N–H and O–H groups in total. The van der Waals surface area contributed by atoms with Crippen LogP contribution in [-0.4, -0.2) is 23.0 Å². The van der Waals surface area contributed by atoms with Gasteiger partial charge in [-0.1, -0.05) is 38.3 Å². The largest absolute Gasteiger partial charge is 0.494 e. The third-order valence-electron chi connectivity index (χ3n) is 5.06. The molecule has 3 rings (SSSR count). The molecule has 1 aromatic heterocycles. The van der Waals surface area contributed by atoms with Gasteiger partial charge in [-0.05, 0) is 49.2 Å². The zero-order valence-corrected chi connectivity index (χ0v) is 18.3. The number of aryl methyl sites for hydroxylation is 1. The van der Waals surface area contributed by atoms with Crippen LogP contribution < -0.4 is 21.3 Å². The maximum Gasteiger partial charge on any atom is 0.419 e. The number of rotatable bonds is 11. The summed E-state index contributed by atoms with van der Waals surface area (Å²) in [6.45, 7) is 3.16. The molecular weight excluding hydrogens is 410 g/mol. The first-order chi connectivity index (χ1) is 15.6. The number of ether oxygens (including phenoxy) is 1. The first kappa shape index (κ1) is 23.1. The molecule has 32 heavy (non-hydrogen) atoms. The number of carbonyl (C=O) groups excluding carboxylic acids is 2. The smallest absolute Gasteiger partial charge is 0.419 e. The van der Waals surface area contributed by atoms with Crippen molar-refractivity contribution < 1.29 is 18.7 Å².